The molecule has 0 spiro atoms. The Morgan fingerprint density at radius 3 is 2.62 bits per heavy atom. The summed E-state index contributed by atoms with van der Waals surface area (Å²) in [5, 5.41) is 6.28. The summed E-state index contributed by atoms with van der Waals surface area (Å²) >= 11 is 6.91. The fraction of sp³-hybridized carbons (Fsp3) is 0.333. The lowest BCUT2D eigenvalue weighted by atomic mass is 10.0. The van der Waals surface area contributed by atoms with Crippen LogP contribution in [0.15, 0.2) is 30.3 Å². The van der Waals surface area contributed by atoms with Gasteiger partial charge in [-0.3, -0.25) is 5.43 Å². The highest BCUT2D eigenvalue weighted by Crippen LogP contribution is 2.40. The van der Waals surface area contributed by atoms with Crippen LogP contribution < -0.4 is 10.7 Å². The largest absolute Gasteiger partial charge is 0.465 e. The third kappa shape index (κ3) is 4.21. The number of hydrogen-bond acceptors (Lipinski definition) is 6. The van der Waals surface area contributed by atoms with Crippen LogP contribution in [0.5, 0.6) is 0 Å². The minimum Gasteiger partial charge on any atom is -0.465 e. The number of morpholine rings is 1. The number of benzene rings is 1. The van der Waals surface area contributed by atoms with Crippen LogP contribution in [0.2, 0.25) is 0 Å². The first-order chi connectivity index (χ1) is 12.6. The molecule has 26 heavy (non-hydrogen) atoms. The van der Waals surface area contributed by atoms with Crippen molar-refractivity contribution in [3.63, 3.8) is 0 Å². The number of hydrazine groups is 1. The van der Waals surface area contributed by atoms with E-state index in [4.69, 9.17) is 21.7 Å². The van der Waals surface area contributed by atoms with Gasteiger partial charge in [-0.25, -0.2) is 9.80 Å². The van der Waals surface area contributed by atoms with Gasteiger partial charge in [-0.1, -0.05) is 30.3 Å². The molecule has 0 saturated carbocycles. The van der Waals surface area contributed by atoms with Crippen LogP contribution in [-0.2, 0) is 9.47 Å². The highest BCUT2D eigenvalue weighted by Gasteiger charge is 2.24. The number of nitrogens with one attached hydrogen (secondary N) is 2. The molecule has 1 aliphatic rings. The Balaban J connectivity index is 1.87. The summed E-state index contributed by atoms with van der Waals surface area (Å²) in [6.45, 7) is 4.83. The molecule has 2 aromatic rings. The average Bonchev–Trinajstić information content (AvgIpc) is 2.98. The molecule has 3 rings (SSSR count). The molecule has 138 valence electrons. The SMILES string of the molecule is COC(=O)c1c(NC(=S)NN2CCOCC2)sc(C)c1-c1ccccc1. The number of rotatable bonds is 4. The summed E-state index contributed by atoms with van der Waals surface area (Å²) in [5.41, 5.74) is 5.50. The van der Waals surface area contributed by atoms with Crippen molar-refractivity contribution < 1.29 is 14.3 Å². The minimum absolute atomic E-state index is 0.384. The van der Waals surface area contributed by atoms with E-state index in [1.807, 2.05) is 42.3 Å². The summed E-state index contributed by atoms with van der Waals surface area (Å²) in [5.74, 6) is -0.384. The molecule has 8 heteroatoms. The Morgan fingerprint density at radius 1 is 1.27 bits per heavy atom. The summed E-state index contributed by atoms with van der Waals surface area (Å²) in [6.07, 6.45) is 0. The van der Waals surface area contributed by atoms with E-state index in [1.165, 1.54) is 18.4 Å². The lowest BCUT2D eigenvalue weighted by Gasteiger charge is -2.28. The van der Waals surface area contributed by atoms with Crippen LogP contribution >= 0.6 is 23.6 Å². The van der Waals surface area contributed by atoms with E-state index in [1.54, 1.807) is 0 Å². The number of esters is 1. The minimum atomic E-state index is -0.384. The van der Waals surface area contributed by atoms with Crippen molar-refractivity contribution in [2.75, 3.05) is 38.7 Å². The van der Waals surface area contributed by atoms with Crippen molar-refractivity contribution in [2.24, 2.45) is 0 Å². The maximum atomic E-state index is 12.5. The van der Waals surface area contributed by atoms with Crippen molar-refractivity contribution in [2.45, 2.75) is 6.92 Å². The van der Waals surface area contributed by atoms with E-state index in [0.717, 1.165) is 29.1 Å². The first kappa shape index (κ1) is 18.8. The zero-order valence-corrected chi connectivity index (χ0v) is 16.3. The number of ether oxygens (including phenoxy) is 2. The third-order valence-corrected chi connectivity index (χ3v) is 5.25. The predicted molar refractivity (Wildman–Crippen MR) is 108 cm³/mol. The molecule has 1 aromatic carbocycles. The van der Waals surface area contributed by atoms with Gasteiger partial charge in [0, 0.05) is 23.5 Å². The number of thiophene rings is 1. The van der Waals surface area contributed by atoms with Gasteiger partial charge in [0.2, 0.25) is 0 Å². The molecule has 1 fully saturated rings. The molecule has 0 amide bonds. The van der Waals surface area contributed by atoms with Gasteiger partial charge in [-0.15, -0.1) is 11.3 Å². The number of nitrogens with zero attached hydrogens (tertiary/aromatic N) is 1. The molecule has 1 aliphatic heterocycles. The van der Waals surface area contributed by atoms with Gasteiger partial charge < -0.3 is 14.8 Å². The van der Waals surface area contributed by atoms with E-state index in [-0.39, 0.29) is 5.97 Å². The van der Waals surface area contributed by atoms with E-state index in [0.29, 0.717) is 28.9 Å². The Hall–Kier alpha value is -2.00. The zero-order chi connectivity index (χ0) is 18.5. The first-order valence-corrected chi connectivity index (χ1v) is 9.50. The summed E-state index contributed by atoms with van der Waals surface area (Å²) in [7, 11) is 1.39. The summed E-state index contributed by atoms with van der Waals surface area (Å²) in [4.78, 5) is 13.5. The Bertz CT molecular complexity index is 786. The van der Waals surface area contributed by atoms with Crippen LogP contribution in [-0.4, -0.2) is 49.5 Å². The number of methoxy groups -OCH3 is 1. The quantitative estimate of drug-likeness (QED) is 0.613. The van der Waals surface area contributed by atoms with Crippen LogP contribution in [0.1, 0.15) is 15.2 Å². The molecule has 0 radical (unpaired) electrons. The number of carbonyl (C=O) groups excluding carboxylic acids is 1. The number of thiocarbonyl (C=S) groups is 1. The number of hydrogen-bond donors (Lipinski definition) is 2. The van der Waals surface area contributed by atoms with Crippen LogP contribution in [0.4, 0.5) is 5.00 Å². The fourth-order valence-corrected chi connectivity index (χ4v) is 4.20. The molecule has 6 nitrogen and oxygen atoms in total. The first-order valence-electron chi connectivity index (χ1n) is 8.27. The van der Waals surface area contributed by atoms with Crippen LogP contribution in [0.3, 0.4) is 0 Å². The van der Waals surface area contributed by atoms with E-state index in [2.05, 4.69) is 10.7 Å². The third-order valence-electron chi connectivity index (χ3n) is 4.03. The van der Waals surface area contributed by atoms with E-state index < -0.39 is 0 Å². The maximum absolute atomic E-state index is 12.5. The van der Waals surface area contributed by atoms with Crippen molar-refractivity contribution in [1.82, 2.24) is 10.4 Å². The highest BCUT2D eigenvalue weighted by atomic mass is 32.1. The maximum Gasteiger partial charge on any atom is 0.341 e. The monoisotopic (exact) mass is 391 g/mol. The molecule has 2 heterocycles. The molecular formula is C18H21N3O3S2. The molecular weight excluding hydrogens is 370 g/mol. The number of carbonyl (C=O) groups is 1. The molecule has 0 aliphatic carbocycles. The van der Waals surface area contributed by atoms with Crippen molar-refractivity contribution >= 4 is 39.6 Å². The second kappa shape index (κ2) is 8.59. The van der Waals surface area contributed by atoms with Crippen LogP contribution in [0, 0.1) is 6.92 Å². The molecule has 1 saturated heterocycles. The van der Waals surface area contributed by atoms with Gasteiger partial charge >= 0.3 is 5.97 Å². The molecule has 2 N–H and O–H groups in total. The zero-order valence-electron chi connectivity index (χ0n) is 14.7. The predicted octanol–water partition coefficient (Wildman–Crippen LogP) is 3.04. The van der Waals surface area contributed by atoms with E-state index >= 15 is 0 Å². The topological polar surface area (TPSA) is 62.8 Å². The Morgan fingerprint density at radius 2 is 1.96 bits per heavy atom. The highest BCUT2D eigenvalue weighted by molar-refractivity contribution is 7.80. The van der Waals surface area contributed by atoms with Crippen molar-refractivity contribution in [1.29, 1.82) is 0 Å². The Labute approximate surface area is 162 Å². The van der Waals surface area contributed by atoms with Gasteiger partial charge in [0.15, 0.2) is 5.11 Å². The normalized spacial score (nSPS) is 14.7. The molecule has 0 unspecified atom stereocenters. The standard InChI is InChI=1S/C18H21N3O3S2/c1-12-14(13-6-4-3-5-7-13)15(17(22)23-2)16(26-12)19-18(25)20-21-8-10-24-11-9-21/h3-7H,8-11H2,1-2H3,(H2,19,20,25). The van der Waals surface area contributed by atoms with Crippen LogP contribution in [0.25, 0.3) is 11.1 Å². The summed E-state index contributed by atoms with van der Waals surface area (Å²) in [6, 6.07) is 9.81. The number of anilines is 1. The second-order valence-electron chi connectivity index (χ2n) is 5.76. The summed E-state index contributed by atoms with van der Waals surface area (Å²) < 4.78 is 10.3. The van der Waals surface area contributed by atoms with Crippen molar-refractivity contribution in [3.8, 4) is 11.1 Å². The average molecular weight is 392 g/mol. The lowest BCUT2D eigenvalue weighted by Crippen LogP contribution is -2.49. The molecule has 1 aromatic heterocycles. The second-order valence-corrected chi connectivity index (χ2v) is 7.39. The van der Waals surface area contributed by atoms with Gasteiger partial charge in [-0.05, 0) is 24.7 Å². The number of aryl methyl sites for hydroxylation is 1. The fourth-order valence-electron chi connectivity index (χ4n) is 2.83. The van der Waals surface area contributed by atoms with Gasteiger partial charge in [0.1, 0.15) is 10.6 Å². The Kier molecular flexibility index (Phi) is 6.20. The van der Waals surface area contributed by atoms with E-state index in [9.17, 15) is 4.79 Å². The van der Waals surface area contributed by atoms with Crippen molar-refractivity contribution in [3.05, 3.63) is 40.8 Å². The smallest absolute Gasteiger partial charge is 0.341 e. The van der Waals surface area contributed by atoms with Gasteiger partial charge in [0.05, 0.1) is 20.3 Å². The molecule has 0 atom stereocenters. The lowest BCUT2D eigenvalue weighted by molar-refractivity contribution is 0.0252. The van der Waals surface area contributed by atoms with Gasteiger partial charge in [-0.2, -0.15) is 0 Å². The van der Waals surface area contributed by atoms with Gasteiger partial charge in [0.25, 0.3) is 0 Å². The molecule has 0 bridgehead atoms.